The molecule has 1 atom stereocenters. The third-order valence-electron chi connectivity index (χ3n) is 3.22. The van der Waals surface area contributed by atoms with Gasteiger partial charge in [-0.1, -0.05) is 35.8 Å². The smallest absolute Gasteiger partial charge is 0.254 e. The molecule has 0 aliphatic heterocycles. The first-order chi connectivity index (χ1) is 8.32. The van der Waals surface area contributed by atoms with Gasteiger partial charge < -0.3 is 4.90 Å². The Morgan fingerprint density at radius 2 is 1.94 bits per heavy atom. The molecule has 0 radical (unpaired) electrons. The Kier molecular flexibility index (Phi) is 5.39. The largest absolute Gasteiger partial charge is 0.339 e. The van der Waals surface area contributed by atoms with Gasteiger partial charge >= 0.3 is 0 Å². The monoisotopic (exact) mass is 311 g/mol. The molecule has 18 heavy (non-hydrogen) atoms. The van der Waals surface area contributed by atoms with Gasteiger partial charge in [0.25, 0.3) is 5.91 Å². The second-order valence-electron chi connectivity index (χ2n) is 5.35. The number of hydrogen-bond acceptors (Lipinski definition) is 1. The van der Waals surface area contributed by atoms with E-state index in [0.29, 0.717) is 5.92 Å². The van der Waals surface area contributed by atoms with E-state index in [1.807, 2.05) is 37.1 Å². The Hall–Kier alpha value is -0.830. The first-order valence-corrected chi connectivity index (χ1v) is 7.15. The second kappa shape index (κ2) is 6.37. The fraction of sp³-hybridized carbons (Fsp3) is 0.533. The van der Waals surface area contributed by atoms with Crippen LogP contribution in [-0.4, -0.2) is 23.9 Å². The summed E-state index contributed by atoms with van der Waals surface area (Å²) in [7, 11) is 1.88. The molecule has 1 aromatic rings. The second-order valence-corrected chi connectivity index (χ2v) is 6.27. The average molecular weight is 312 g/mol. The van der Waals surface area contributed by atoms with Crippen molar-refractivity contribution in [3.05, 3.63) is 33.8 Å². The van der Waals surface area contributed by atoms with Gasteiger partial charge in [-0.05, 0) is 43.9 Å². The highest BCUT2D eigenvalue weighted by Crippen LogP contribution is 2.19. The van der Waals surface area contributed by atoms with Crippen molar-refractivity contribution in [3.8, 4) is 0 Å². The lowest BCUT2D eigenvalue weighted by Crippen LogP contribution is -2.36. The Morgan fingerprint density at radius 3 is 2.50 bits per heavy atom. The van der Waals surface area contributed by atoms with Crippen molar-refractivity contribution in [3.63, 3.8) is 0 Å². The summed E-state index contributed by atoms with van der Waals surface area (Å²) in [5.74, 6) is 0.695. The molecule has 0 saturated heterocycles. The molecule has 0 aliphatic rings. The fourth-order valence-corrected chi connectivity index (χ4v) is 2.42. The predicted molar refractivity (Wildman–Crippen MR) is 79.9 cm³/mol. The van der Waals surface area contributed by atoms with Crippen LogP contribution in [-0.2, 0) is 0 Å². The van der Waals surface area contributed by atoms with Crippen LogP contribution in [0.2, 0.25) is 0 Å². The molecule has 1 aromatic carbocycles. The fourth-order valence-electron chi connectivity index (χ4n) is 2.06. The van der Waals surface area contributed by atoms with Gasteiger partial charge in [-0.15, -0.1) is 0 Å². The van der Waals surface area contributed by atoms with Crippen molar-refractivity contribution >= 4 is 21.8 Å². The minimum atomic E-state index is 0.0990. The zero-order valence-corrected chi connectivity index (χ0v) is 13.4. The molecule has 0 fully saturated rings. The molecule has 0 aliphatic carbocycles. The minimum absolute atomic E-state index is 0.0990. The van der Waals surface area contributed by atoms with Crippen molar-refractivity contribution in [2.75, 3.05) is 7.05 Å². The van der Waals surface area contributed by atoms with E-state index in [-0.39, 0.29) is 11.9 Å². The number of carbonyl (C=O) groups is 1. The summed E-state index contributed by atoms with van der Waals surface area (Å²) in [4.78, 5) is 14.3. The molecule has 0 N–H and O–H groups in total. The standard InChI is InChI=1S/C15H22BrNO/c1-10(2)8-12(4)17(5)15(18)14-9-13(16)7-6-11(14)3/h6-7,9-10,12H,8H2,1-5H3. The lowest BCUT2D eigenvalue weighted by Gasteiger charge is -2.27. The van der Waals surface area contributed by atoms with Gasteiger partial charge in [0.15, 0.2) is 0 Å². The molecule has 0 bridgehead atoms. The normalized spacial score (nSPS) is 12.6. The van der Waals surface area contributed by atoms with Crippen LogP contribution >= 0.6 is 15.9 Å². The quantitative estimate of drug-likeness (QED) is 0.813. The third-order valence-corrected chi connectivity index (χ3v) is 3.72. The van der Waals surface area contributed by atoms with Gasteiger partial charge in [0, 0.05) is 23.1 Å². The van der Waals surface area contributed by atoms with Crippen molar-refractivity contribution in [1.82, 2.24) is 4.90 Å². The summed E-state index contributed by atoms with van der Waals surface area (Å²) in [6.07, 6.45) is 1.02. The van der Waals surface area contributed by atoms with E-state index in [9.17, 15) is 4.79 Å². The first-order valence-electron chi connectivity index (χ1n) is 6.36. The maximum absolute atomic E-state index is 12.4. The Bertz CT molecular complexity index is 429. The van der Waals surface area contributed by atoms with E-state index >= 15 is 0 Å². The van der Waals surface area contributed by atoms with Crippen molar-refractivity contribution in [1.29, 1.82) is 0 Å². The maximum atomic E-state index is 12.4. The zero-order chi connectivity index (χ0) is 13.9. The van der Waals surface area contributed by atoms with Gasteiger partial charge in [-0.2, -0.15) is 0 Å². The summed E-state index contributed by atoms with van der Waals surface area (Å²) < 4.78 is 0.946. The lowest BCUT2D eigenvalue weighted by atomic mass is 10.0. The Balaban J connectivity index is 2.89. The molecule has 1 amide bonds. The molecule has 0 aromatic heterocycles. The van der Waals surface area contributed by atoms with Crippen molar-refractivity contribution in [2.24, 2.45) is 5.92 Å². The van der Waals surface area contributed by atoms with Crippen LogP contribution < -0.4 is 0 Å². The highest BCUT2D eigenvalue weighted by molar-refractivity contribution is 9.10. The summed E-state index contributed by atoms with van der Waals surface area (Å²) in [5.41, 5.74) is 1.80. The molecule has 1 unspecified atom stereocenters. The molecule has 0 saturated carbocycles. The summed E-state index contributed by atoms with van der Waals surface area (Å²) in [5, 5.41) is 0. The molecule has 3 heteroatoms. The van der Waals surface area contributed by atoms with E-state index < -0.39 is 0 Å². The van der Waals surface area contributed by atoms with Gasteiger partial charge in [-0.3, -0.25) is 4.79 Å². The highest BCUT2D eigenvalue weighted by atomic mass is 79.9. The molecular weight excluding hydrogens is 290 g/mol. The minimum Gasteiger partial charge on any atom is -0.339 e. The predicted octanol–water partition coefficient (Wildman–Crippen LogP) is 4.26. The number of carbonyl (C=O) groups excluding carboxylic acids is 1. The molecule has 1 rings (SSSR count). The summed E-state index contributed by atoms with van der Waals surface area (Å²) in [6.45, 7) is 8.43. The van der Waals surface area contributed by atoms with E-state index in [4.69, 9.17) is 0 Å². The van der Waals surface area contributed by atoms with Crippen LogP contribution in [0.1, 0.15) is 43.1 Å². The van der Waals surface area contributed by atoms with E-state index in [1.54, 1.807) is 0 Å². The molecule has 0 heterocycles. The number of benzene rings is 1. The third kappa shape index (κ3) is 3.84. The summed E-state index contributed by atoms with van der Waals surface area (Å²) >= 11 is 3.42. The number of rotatable bonds is 4. The SMILES string of the molecule is Cc1ccc(Br)cc1C(=O)N(C)C(C)CC(C)C. The molecular formula is C15H22BrNO. The van der Waals surface area contributed by atoms with E-state index in [0.717, 1.165) is 22.0 Å². The topological polar surface area (TPSA) is 20.3 Å². The van der Waals surface area contributed by atoms with Gasteiger partial charge in [0.1, 0.15) is 0 Å². The number of hydrogen-bond donors (Lipinski definition) is 0. The number of nitrogens with zero attached hydrogens (tertiary/aromatic N) is 1. The Labute approximate surface area is 119 Å². The van der Waals surface area contributed by atoms with Crippen LogP contribution in [0.4, 0.5) is 0 Å². The van der Waals surface area contributed by atoms with Crippen LogP contribution in [0, 0.1) is 12.8 Å². The van der Waals surface area contributed by atoms with Gasteiger partial charge in [-0.25, -0.2) is 0 Å². The van der Waals surface area contributed by atoms with E-state index in [1.165, 1.54) is 0 Å². The molecule has 0 spiro atoms. The van der Waals surface area contributed by atoms with Crippen LogP contribution in [0.25, 0.3) is 0 Å². The summed E-state index contributed by atoms with van der Waals surface area (Å²) in [6, 6.07) is 6.09. The van der Waals surface area contributed by atoms with Crippen molar-refractivity contribution < 1.29 is 4.79 Å². The highest BCUT2D eigenvalue weighted by Gasteiger charge is 2.19. The molecule has 100 valence electrons. The molecule has 2 nitrogen and oxygen atoms in total. The van der Waals surface area contributed by atoms with E-state index in [2.05, 4.69) is 36.7 Å². The van der Waals surface area contributed by atoms with Crippen molar-refractivity contribution in [2.45, 2.75) is 40.2 Å². The van der Waals surface area contributed by atoms with Crippen LogP contribution in [0.3, 0.4) is 0 Å². The number of amides is 1. The van der Waals surface area contributed by atoms with Crippen LogP contribution in [0.5, 0.6) is 0 Å². The lowest BCUT2D eigenvalue weighted by molar-refractivity contribution is 0.0727. The van der Waals surface area contributed by atoms with Gasteiger partial charge in [0.2, 0.25) is 0 Å². The van der Waals surface area contributed by atoms with Crippen LogP contribution in [0.15, 0.2) is 22.7 Å². The van der Waals surface area contributed by atoms with Gasteiger partial charge in [0.05, 0.1) is 0 Å². The Morgan fingerprint density at radius 1 is 1.33 bits per heavy atom. The first kappa shape index (κ1) is 15.2. The zero-order valence-electron chi connectivity index (χ0n) is 11.8. The maximum Gasteiger partial charge on any atom is 0.254 e. The number of halogens is 1. The number of aryl methyl sites for hydroxylation is 1. The average Bonchev–Trinajstić information content (AvgIpc) is 2.29.